The fraction of sp³-hybridized carbons (Fsp3) is 0.318. The minimum absolute atomic E-state index is 0.114. The zero-order valence-electron chi connectivity index (χ0n) is 17.5. The van der Waals surface area contributed by atoms with Crippen molar-refractivity contribution in [2.45, 2.75) is 38.1 Å². The van der Waals surface area contributed by atoms with Crippen LogP contribution < -0.4 is 15.2 Å². The van der Waals surface area contributed by atoms with E-state index in [0.29, 0.717) is 29.6 Å². The van der Waals surface area contributed by atoms with E-state index < -0.39 is 10.0 Å². The number of aryl methyl sites for hydroxylation is 2. The fourth-order valence-electron chi connectivity index (χ4n) is 3.91. The van der Waals surface area contributed by atoms with Crippen LogP contribution in [0.5, 0.6) is 0 Å². The number of fused-ring (bicyclic) bond motifs is 2. The number of rotatable bonds is 6. The molecule has 4 rings (SSSR count). The number of nitrogens with zero attached hydrogens (tertiary/aromatic N) is 3. The molecule has 0 spiro atoms. The maximum atomic E-state index is 12.9. The van der Waals surface area contributed by atoms with Gasteiger partial charge in [-0.2, -0.15) is 0 Å². The highest BCUT2D eigenvalue weighted by Crippen LogP contribution is 2.31. The molecule has 0 saturated carbocycles. The van der Waals surface area contributed by atoms with E-state index in [2.05, 4.69) is 9.71 Å². The second-order valence-corrected chi connectivity index (χ2v) is 9.32. The van der Waals surface area contributed by atoms with E-state index in [1.807, 2.05) is 19.1 Å². The molecule has 2 aromatic carbocycles. The molecule has 0 fully saturated rings. The summed E-state index contributed by atoms with van der Waals surface area (Å²) in [4.78, 5) is 31.8. The molecule has 1 aliphatic heterocycles. The number of carbonyl (C=O) groups is 1. The average molecular weight is 441 g/mol. The predicted molar refractivity (Wildman–Crippen MR) is 119 cm³/mol. The van der Waals surface area contributed by atoms with Crippen LogP contribution in [0.15, 0.2) is 52.4 Å². The first kappa shape index (κ1) is 21.2. The van der Waals surface area contributed by atoms with Gasteiger partial charge < -0.3 is 4.90 Å². The van der Waals surface area contributed by atoms with Gasteiger partial charge in [0.25, 0.3) is 5.56 Å². The number of benzene rings is 2. The molecule has 2 heterocycles. The molecule has 3 aromatic rings. The Labute approximate surface area is 180 Å². The average Bonchev–Trinajstić information content (AvgIpc) is 3.17. The third-order valence-corrected chi connectivity index (χ3v) is 7.06. The lowest BCUT2D eigenvalue weighted by molar-refractivity contribution is -0.118. The van der Waals surface area contributed by atoms with E-state index in [0.717, 1.165) is 11.1 Å². The Kier molecular flexibility index (Phi) is 5.63. The van der Waals surface area contributed by atoms with Gasteiger partial charge in [0.1, 0.15) is 0 Å². The molecule has 8 nitrogen and oxygen atoms in total. The third-order valence-electron chi connectivity index (χ3n) is 5.52. The summed E-state index contributed by atoms with van der Waals surface area (Å²) in [6, 6.07) is 10.3. The molecule has 1 aliphatic rings. The first-order chi connectivity index (χ1) is 14.8. The molecular formula is C22H24N4O4S. The van der Waals surface area contributed by atoms with E-state index in [1.54, 1.807) is 36.1 Å². The molecule has 1 amide bonds. The van der Waals surface area contributed by atoms with Crippen molar-refractivity contribution >= 4 is 32.5 Å². The Bertz CT molecular complexity index is 1330. The van der Waals surface area contributed by atoms with Crippen LogP contribution in [-0.2, 0) is 27.8 Å². The number of sulfonamides is 1. The van der Waals surface area contributed by atoms with E-state index in [4.69, 9.17) is 0 Å². The first-order valence-electron chi connectivity index (χ1n) is 10.2. The van der Waals surface area contributed by atoms with Gasteiger partial charge >= 0.3 is 0 Å². The van der Waals surface area contributed by atoms with Crippen LogP contribution in [0.3, 0.4) is 0 Å². The second kappa shape index (κ2) is 8.24. The summed E-state index contributed by atoms with van der Waals surface area (Å²) in [6.07, 6.45) is 2.26. The van der Waals surface area contributed by atoms with Crippen molar-refractivity contribution in [2.24, 2.45) is 0 Å². The Morgan fingerprint density at radius 1 is 1.23 bits per heavy atom. The molecule has 162 valence electrons. The number of aromatic nitrogens is 2. The summed E-state index contributed by atoms with van der Waals surface area (Å²) < 4.78 is 28.6. The van der Waals surface area contributed by atoms with Gasteiger partial charge in [-0.05, 0) is 42.7 Å². The van der Waals surface area contributed by atoms with Crippen molar-refractivity contribution in [1.29, 1.82) is 0 Å². The van der Waals surface area contributed by atoms with Crippen LogP contribution in [0.25, 0.3) is 10.9 Å². The van der Waals surface area contributed by atoms with Crippen LogP contribution in [0.1, 0.15) is 24.5 Å². The van der Waals surface area contributed by atoms with Gasteiger partial charge in [-0.1, -0.05) is 25.1 Å². The van der Waals surface area contributed by atoms with E-state index in [9.17, 15) is 18.0 Å². The maximum absolute atomic E-state index is 12.9. The molecule has 1 aromatic heterocycles. The van der Waals surface area contributed by atoms with Gasteiger partial charge in [0, 0.05) is 31.7 Å². The largest absolute Gasteiger partial charge is 0.312 e. The number of para-hydroxylation sites is 1. The van der Waals surface area contributed by atoms with Crippen LogP contribution >= 0.6 is 0 Å². The monoisotopic (exact) mass is 440 g/mol. The van der Waals surface area contributed by atoms with Gasteiger partial charge in [-0.25, -0.2) is 18.1 Å². The normalized spacial score (nSPS) is 13.5. The van der Waals surface area contributed by atoms with Gasteiger partial charge in [0.2, 0.25) is 15.9 Å². The van der Waals surface area contributed by atoms with Gasteiger partial charge in [-0.3, -0.25) is 14.2 Å². The summed E-state index contributed by atoms with van der Waals surface area (Å²) in [6.45, 7) is 4.60. The van der Waals surface area contributed by atoms with E-state index >= 15 is 0 Å². The lowest BCUT2D eigenvalue weighted by atomic mass is 10.1. The van der Waals surface area contributed by atoms with Crippen LogP contribution in [0.4, 0.5) is 5.69 Å². The number of carbonyl (C=O) groups excluding carboxylic acids is 1. The molecule has 0 bridgehead atoms. The number of hydrogen-bond donors (Lipinski definition) is 1. The summed E-state index contributed by atoms with van der Waals surface area (Å²) in [5.41, 5.74) is 2.96. The smallest absolute Gasteiger partial charge is 0.261 e. The molecule has 0 radical (unpaired) electrons. The quantitative estimate of drug-likeness (QED) is 0.632. The lowest BCUT2D eigenvalue weighted by Gasteiger charge is -2.18. The van der Waals surface area contributed by atoms with Gasteiger partial charge in [0.15, 0.2) is 0 Å². The summed E-state index contributed by atoms with van der Waals surface area (Å²) >= 11 is 0. The van der Waals surface area contributed by atoms with Gasteiger partial charge in [-0.15, -0.1) is 0 Å². The standard InChI is InChI=1S/C22H24N4O4S/c1-3-24-31(29,30)17-8-7-16-9-12-26(19(16)13-17)20(27)10-11-25-14-23-21-15(2)5-4-6-18(21)22(25)28/h4-8,13-14,24H,3,9-12H2,1-2H3. The number of anilines is 1. The van der Waals surface area contributed by atoms with Crippen LogP contribution in [0, 0.1) is 6.92 Å². The Morgan fingerprint density at radius 2 is 2.03 bits per heavy atom. The summed E-state index contributed by atoms with van der Waals surface area (Å²) in [5.74, 6) is -0.159. The molecule has 0 saturated heterocycles. The van der Waals surface area contributed by atoms with Crippen molar-refractivity contribution in [1.82, 2.24) is 14.3 Å². The predicted octanol–water partition coefficient (Wildman–Crippen LogP) is 1.98. The fourth-order valence-corrected chi connectivity index (χ4v) is 4.97. The minimum Gasteiger partial charge on any atom is -0.312 e. The summed E-state index contributed by atoms with van der Waals surface area (Å²) in [5, 5.41) is 0.528. The van der Waals surface area contributed by atoms with Crippen molar-refractivity contribution in [3.63, 3.8) is 0 Å². The molecule has 0 atom stereocenters. The number of amides is 1. The number of nitrogens with one attached hydrogen (secondary N) is 1. The zero-order valence-corrected chi connectivity index (χ0v) is 18.3. The van der Waals surface area contributed by atoms with Crippen LogP contribution in [-0.4, -0.2) is 37.0 Å². The molecule has 0 aliphatic carbocycles. The van der Waals surface area contributed by atoms with Crippen molar-refractivity contribution in [2.75, 3.05) is 18.0 Å². The third kappa shape index (κ3) is 3.98. The zero-order chi connectivity index (χ0) is 22.2. The van der Waals surface area contributed by atoms with Crippen molar-refractivity contribution < 1.29 is 13.2 Å². The molecule has 31 heavy (non-hydrogen) atoms. The van der Waals surface area contributed by atoms with Gasteiger partial charge in [0.05, 0.1) is 22.1 Å². The Hall–Kier alpha value is -3.04. The lowest BCUT2D eigenvalue weighted by Crippen LogP contribution is -2.31. The van der Waals surface area contributed by atoms with Crippen LogP contribution in [0.2, 0.25) is 0 Å². The topological polar surface area (TPSA) is 101 Å². The molecule has 9 heteroatoms. The minimum atomic E-state index is -3.61. The maximum Gasteiger partial charge on any atom is 0.261 e. The molecular weight excluding hydrogens is 416 g/mol. The highest BCUT2D eigenvalue weighted by atomic mass is 32.2. The Morgan fingerprint density at radius 3 is 2.81 bits per heavy atom. The SMILES string of the molecule is CCNS(=O)(=O)c1ccc2c(c1)N(C(=O)CCn1cnc3c(C)cccc3c1=O)CC2. The molecule has 1 N–H and O–H groups in total. The molecule has 0 unspecified atom stereocenters. The highest BCUT2D eigenvalue weighted by molar-refractivity contribution is 7.89. The highest BCUT2D eigenvalue weighted by Gasteiger charge is 2.26. The Balaban J connectivity index is 1.55. The number of hydrogen-bond acceptors (Lipinski definition) is 5. The summed E-state index contributed by atoms with van der Waals surface area (Å²) in [7, 11) is -3.61. The second-order valence-electron chi connectivity index (χ2n) is 7.55. The van der Waals surface area contributed by atoms with Crippen molar-refractivity contribution in [3.05, 3.63) is 64.2 Å². The van der Waals surface area contributed by atoms with E-state index in [1.165, 1.54) is 10.9 Å². The van der Waals surface area contributed by atoms with Crippen molar-refractivity contribution in [3.8, 4) is 0 Å². The first-order valence-corrected chi connectivity index (χ1v) is 11.7. The van der Waals surface area contributed by atoms with E-state index in [-0.39, 0.29) is 35.9 Å².